The van der Waals surface area contributed by atoms with Gasteiger partial charge in [0.05, 0.1) is 10.2 Å². The Labute approximate surface area is 141 Å². The molecule has 1 amide bonds. The highest BCUT2D eigenvalue weighted by atomic mass is 79.9. The van der Waals surface area contributed by atoms with Crippen molar-refractivity contribution in [1.82, 2.24) is 0 Å². The van der Waals surface area contributed by atoms with Crippen molar-refractivity contribution in [1.29, 1.82) is 0 Å². The second-order valence-electron chi connectivity index (χ2n) is 4.19. The third-order valence-electron chi connectivity index (χ3n) is 2.61. The molecule has 0 aliphatic heterocycles. The highest BCUT2D eigenvalue weighted by Crippen LogP contribution is 2.32. The van der Waals surface area contributed by atoms with E-state index in [1.54, 1.807) is 0 Å². The molecule has 2 aromatic rings. The Morgan fingerprint density at radius 2 is 1.65 bits per heavy atom. The fraction of sp³-hybridized carbons (Fsp3) is 0.0714. The maximum atomic E-state index is 13.2. The van der Waals surface area contributed by atoms with Crippen LogP contribution in [-0.2, 0) is 0 Å². The minimum Gasteiger partial charge on any atom is -0.320 e. The zero-order valence-electron chi connectivity index (χ0n) is 10.3. The molecule has 0 unspecified atom stereocenters. The molecule has 0 saturated heterocycles. The van der Waals surface area contributed by atoms with Crippen molar-refractivity contribution in [3.8, 4) is 0 Å². The molecule has 0 saturated carbocycles. The van der Waals surface area contributed by atoms with E-state index in [0.29, 0.717) is 11.3 Å². The molecule has 6 heteroatoms. The smallest absolute Gasteiger partial charge is 0.255 e. The first-order valence-corrected chi connectivity index (χ1v) is 7.98. The van der Waals surface area contributed by atoms with Crippen LogP contribution in [0.4, 0.5) is 10.1 Å². The van der Waals surface area contributed by atoms with Gasteiger partial charge in [-0.2, -0.15) is 0 Å². The summed E-state index contributed by atoms with van der Waals surface area (Å²) in [5.74, 6) is -0.713. The Hall–Kier alpha value is -0.720. The van der Waals surface area contributed by atoms with Gasteiger partial charge in [-0.1, -0.05) is 0 Å². The number of amides is 1. The minimum absolute atomic E-state index is 0.257. The van der Waals surface area contributed by atoms with Gasteiger partial charge in [0.1, 0.15) is 5.82 Å². The molecule has 0 radical (unpaired) electrons. The lowest BCUT2D eigenvalue weighted by Crippen LogP contribution is -2.13. The molecular formula is C14H9Br3FNO. The van der Waals surface area contributed by atoms with Crippen molar-refractivity contribution in [3.63, 3.8) is 0 Å². The number of rotatable bonds is 2. The van der Waals surface area contributed by atoms with Gasteiger partial charge in [-0.25, -0.2) is 4.39 Å². The van der Waals surface area contributed by atoms with E-state index in [0.717, 1.165) is 14.5 Å². The summed E-state index contributed by atoms with van der Waals surface area (Å²) < 4.78 is 15.0. The fourth-order valence-corrected chi connectivity index (χ4v) is 3.63. The number of halogens is 4. The molecule has 2 nitrogen and oxygen atoms in total. The minimum atomic E-state index is -0.403. The van der Waals surface area contributed by atoms with Gasteiger partial charge in [0.15, 0.2) is 0 Å². The van der Waals surface area contributed by atoms with Gasteiger partial charge in [-0.15, -0.1) is 0 Å². The Kier molecular flexibility index (Phi) is 4.99. The molecule has 104 valence electrons. The number of carbonyl (C=O) groups excluding carboxylic acids is 1. The first kappa shape index (κ1) is 15.7. The Morgan fingerprint density at radius 3 is 2.20 bits per heavy atom. The molecule has 0 spiro atoms. The van der Waals surface area contributed by atoms with E-state index in [1.807, 2.05) is 19.1 Å². The lowest BCUT2D eigenvalue weighted by molar-refractivity contribution is 0.102. The van der Waals surface area contributed by atoms with Gasteiger partial charge in [0.2, 0.25) is 0 Å². The van der Waals surface area contributed by atoms with E-state index in [1.165, 1.54) is 18.2 Å². The molecule has 0 aromatic heterocycles. The van der Waals surface area contributed by atoms with Crippen LogP contribution >= 0.6 is 47.8 Å². The maximum absolute atomic E-state index is 13.2. The zero-order valence-corrected chi connectivity index (χ0v) is 15.1. The van der Waals surface area contributed by atoms with Crippen molar-refractivity contribution in [2.45, 2.75) is 6.92 Å². The second kappa shape index (κ2) is 6.37. The van der Waals surface area contributed by atoms with E-state index in [4.69, 9.17) is 0 Å². The second-order valence-corrected chi connectivity index (χ2v) is 6.75. The van der Waals surface area contributed by atoms with Gasteiger partial charge >= 0.3 is 0 Å². The van der Waals surface area contributed by atoms with E-state index in [9.17, 15) is 9.18 Å². The average Bonchev–Trinajstić information content (AvgIpc) is 2.36. The molecule has 0 aliphatic rings. The molecule has 0 aliphatic carbocycles. The first-order chi connectivity index (χ1) is 9.38. The van der Waals surface area contributed by atoms with Crippen molar-refractivity contribution < 1.29 is 9.18 Å². The molecule has 2 rings (SSSR count). The summed E-state index contributed by atoms with van der Waals surface area (Å²) in [5, 5.41) is 2.79. The summed E-state index contributed by atoms with van der Waals surface area (Å²) in [5.41, 5.74) is 2.07. The third-order valence-corrected chi connectivity index (χ3v) is 4.47. The topological polar surface area (TPSA) is 29.1 Å². The maximum Gasteiger partial charge on any atom is 0.255 e. The van der Waals surface area contributed by atoms with Gasteiger partial charge in [0.25, 0.3) is 5.91 Å². The summed E-state index contributed by atoms with van der Waals surface area (Å²) in [6.45, 7) is 1.96. The fourth-order valence-electron chi connectivity index (χ4n) is 1.64. The summed E-state index contributed by atoms with van der Waals surface area (Å²) in [7, 11) is 0. The largest absolute Gasteiger partial charge is 0.320 e. The Balaban J connectivity index is 2.30. The number of anilines is 1. The van der Waals surface area contributed by atoms with Crippen LogP contribution in [0.5, 0.6) is 0 Å². The Morgan fingerprint density at radius 1 is 1.05 bits per heavy atom. The number of benzene rings is 2. The first-order valence-electron chi connectivity index (χ1n) is 5.60. The lowest BCUT2D eigenvalue weighted by Gasteiger charge is -2.11. The van der Waals surface area contributed by atoms with Gasteiger partial charge in [0, 0.05) is 14.5 Å². The van der Waals surface area contributed by atoms with Crippen LogP contribution in [0.15, 0.2) is 43.7 Å². The molecule has 0 fully saturated rings. The highest BCUT2D eigenvalue weighted by Gasteiger charge is 2.13. The predicted octanol–water partition coefficient (Wildman–Crippen LogP) is 5.67. The summed E-state index contributed by atoms with van der Waals surface area (Å²) in [6, 6.07) is 7.94. The van der Waals surface area contributed by atoms with Crippen LogP contribution in [0.1, 0.15) is 15.9 Å². The summed E-state index contributed by atoms with van der Waals surface area (Å²) >= 11 is 9.89. The van der Waals surface area contributed by atoms with E-state index >= 15 is 0 Å². The number of nitrogens with one attached hydrogen (secondary N) is 1. The Bertz CT molecular complexity index is 665. The molecular weight excluding hydrogens is 457 g/mol. The van der Waals surface area contributed by atoms with Crippen LogP contribution in [0.3, 0.4) is 0 Å². The van der Waals surface area contributed by atoms with Crippen molar-refractivity contribution in [3.05, 3.63) is 60.7 Å². The van der Waals surface area contributed by atoms with Crippen molar-refractivity contribution in [2.75, 3.05) is 5.32 Å². The number of aryl methyl sites for hydroxylation is 1. The molecule has 0 atom stereocenters. The van der Waals surface area contributed by atoms with Crippen molar-refractivity contribution >= 4 is 59.4 Å². The molecule has 1 N–H and O–H groups in total. The van der Waals surface area contributed by atoms with Crippen LogP contribution in [0, 0.1) is 12.7 Å². The quantitative estimate of drug-likeness (QED) is 0.608. The van der Waals surface area contributed by atoms with Crippen LogP contribution < -0.4 is 5.32 Å². The molecule has 20 heavy (non-hydrogen) atoms. The molecule has 2 aromatic carbocycles. The lowest BCUT2D eigenvalue weighted by atomic mass is 10.2. The van der Waals surface area contributed by atoms with E-state index in [-0.39, 0.29) is 10.4 Å². The number of carbonyl (C=O) groups is 1. The normalized spacial score (nSPS) is 10.4. The van der Waals surface area contributed by atoms with Gasteiger partial charge in [-0.05, 0) is 90.6 Å². The monoisotopic (exact) mass is 463 g/mol. The van der Waals surface area contributed by atoms with E-state index in [2.05, 4.69) is 53.1 Å². The number of hydrogen-bond acceptors (Lipinski definition) is 1. The third kappa shape index (κ3) is 3.48. The SMILES string of the molecule is Cc1cc(Br)c(NC(=O)c2ccc(F)c(Br)c2)c(Br)c1. The summed E-state index contributed by atoms with van der Waals surface area (Å²) in [4.78, 5) is 12.2. The zero-order chi connectivity index (χ0) is 14.9. The van der Waals surface area contributed by atoms with Crippen molar-refractivity contribution in [2.24, 2.45) is 0 Å². The van der Waals surface area contributed by atoms with Gasteiger partial charge in [-0.3, -0.25) is 4.79 Å². The number of hydrogen-bond donors (Lipinski definition) is 1. The van der Waals surface area contributed by atoms with Gasteiger partial charge < -0.3 is 5.32 Å². The van der Waals surface area contributed by atoms with Crippen LogP contribution in [-0.4, -0.2) is 5.91 Å². The van der Waals surface area contributed by atoms with Crippen LogP contribution in [0.2, 0.25) is 0 Å². The highest BCUT2D eigenvalue weighted by molar-refractivity contribution is 9.11. The average molecular weight is 466 g/mol. The summed E-state index contributed by atoms with van der Waals surface area (Å²) in [6.07, 6.45) is 0. The molecule has 0 heterocycles. The molecule has 0 bridgehead atoms. The standard InChI is InChI=1S/C14H9Br3FNO/c1-7-4-10(16)13(11(17)5-7)19-14(20)8-2-3-12(18)9(15)6-8/h2-6H,1H3,(H,19,20). The van der Waals surface area contributed by atoms with Crippen LogP contribution in [0.25, 0.3) is 0 Å². The predicted molar refractivity (Wildman–Crippen MR) is 88.6 cm³/mol. The van der Waals surface area contributed by atoms with E-state index < -0.39 is 5.82 Å².